The van der Waals surface area contributed by atoms with E-state index in [4.69, 9.17) is 4.74 Å². The third-order valence-electron chi connectivity index (χ3n) is 4.77. The Kier molecular flexibility index (Phi) is 9.87. The average Bonchev–Trinajstić information content (AvgIpc) is 2.99. The second-order valence-electron chi connectivity index (χ2n) is 7.07. The summed E-state index contributed by atoms with van der Waals surface area (Å²) >= 11 is 1.98. The van der Waals surface area contributed by atoms with Gasteiger partial charge in [-0.1, -0.05) is 6.92 Å². The van der Waals surface area contributed by atoms with Gasteiger partial charge in [-0.25, -0.2) is 4.99 Å². The fraction of sp³-hybridized carbons (Fsp3) is 0.882. The number of amides is 1. The van der Waals surface area contributed by atoms with Crippen LogP contribution in [0.2, 0.25) is 0 Å². The van der Waals surface area contributed by atoms with Gasteiger partial charge in [0.05, 0.1) is 5.60 Å². The molecule has 1 spiro atoms. The van der Waals surface area contributed by atoms with Crippen molar-refractivity contribution in [1.29, 1.82) is 0 Å². The summed E-state index contributed by atoms with van der Waals surface area (Å²) in [7, 11) is 3.51. The summed E-state index contributed by atoms with van der Waals surface area (Å²) in [5.74, 6) is 3.04. The lowest BCUT2D eigenvalue weighted by Gasteiger charge is -2.38. The average molecular weight is 484 g/mol. The van der Waals surface area contributed by atoms with Crippen molar-refractivity contribution in [3.05, 3.63) is 0 Å². The van der Waals surface area contributed by atoms with Crippen molar-refractivity contribution in [3.63, 3.8) is 0 Å². The zero-order valence-corrected chi connectivity index (χ0v) is 19.0. The van der Waals surface area contributed by atoms with Crippen LogP contribution in [-0.2, 0) is 9.53 Å². The topological polar surface area (TPSA) is 66.0 Å². The monoisotopic (exact) mass is 484 g/mol. The van der Waals surface area contributed by atoms with E-state index in [1.54, 1.807) is 19.0 Å². The Bertz CT molecular complexity index is 456. The van der Waals surface area contributed by atoms with E-state index in [-0.39, 0.29) is 42.0 Å². The minimum absolute atomic E-state index is 0. The minimum Gasteiger partial charge on any atom is -0.374 e. The lowest BCUT2D eigenvalue weighted by atomic mass is 9.90. The number of thioether (sulfide) groups is 1. The van der Waals surface area contributed by atoms with Gasteiger partial charge < -0.3 is 20.3 Å². The van der Waals surface area contributed by atoms with E-state index in [0.29, 0.717) is 12.1 Å². The van der Waals surface area contributed by atoms with Gasteiger partial charge in [0.1, 0.15) is 6.54 Å². The largest absolute Gasteiger partial charge is 0.374 e. The molecule has 2 aliphatic heterocycles. The molecule has 0 saturated carbocycles. The van der Waals surface area contributed by atoms with Gasteiger partial charge in [-0.05, 0) is 38.4 Å². The molecule has 2 heterocycles. The number of hydrogen-bond acceptors (Lipinski definition) is 4. The quantitative estimate of drug-likeness (QED) is 0.356. The molecule has 0 bridgehead atoms. The number of ether oxygens (including phenoxy) is 1. The molecule has 0 aromatic carbocycles. The maximum absolute atomic E-state index is 11.8. The molecule has 2 aliphatic rings. The lowest BCUT2D eigenvalue weighted by molar-refractivity contribution is -0.127. The van der Waals surface area contributed by atoms with Crippen molar-refractivity contribution in [2.45, 2.75) is 57.2 Å². The number of carbonyl (C=O) groups excluding carboxylic acids is 1. The van der Waals surface area contributed by atoms with E-state index < -0.39 is 0 Å². The first-order chi connectivity index (χ1) is 11.4. The Balaban J connectivity index is 0.00000312. The van der Waals surface area contributed by atoms with Crippen molar-refractivity contribution < 1.29 is 9.53 Å². The van der Waals surface area contributed by atoms with Gasteiger partial charge in [0.2, 0.25) is 5.91 Å². The van der Waals surface area contributed by atoms with E-state index in [1.807, 2.05) is 11.8 Å². The first-order valence-corrected chi connectivity index (χ1v) is 10.1. The SMILES string of the molecule is CCC(C)NC(=NCC(=O)N(C)C)NC1CCOC2(CCSC2)C1.I. The number of aliphatic imine (C=N–C) groups is 1. The number of nitrogens with zero attached hydrogens (tertiary/aromatic N) is 2. The highest BCUT2D eigenvalue weighted by Gasteiger charge is 2.40. The Hall–Kier alpha value is -0.220. The molecule has 2 N–H and O–H groups in total. The van der Waals surface area contributed by atoms with E-state index in [1.165, 1.54) is 5.75 Å². The Labute approximate surface area is 173 Å². The molecular weight excluding hydrogens is 451 g/mol. The van der Waals surface area contributed by atoms with Crippen molar-refractivity contribution >= 4 is 47.6 Å². The number of rotatable bonds is 5. The Morgan fingerprint density at radius 3 is 2.84 bits per heavy atom. The van der Waals surface area contributed by atoms with Gasteiger partial charge in [0.15, 0.2) is 5.96 Å². The summed E-state index contributed by atoms with van der Waals surface area (Å²) in [5.41, 5.74) is 0.0432. The van der Waals surface area contributed by atoms with Crippen LogP contribution < -0.4 is 10.6 Å². The number of guanidine groups is 1. The molecule has 0 aromatic rings. The van der Waals surface area contributed by atoms with Gasteiger partial charge in [0, 0.05) is 38.5 Å². The maximum Gasteiger partial charge on any atom is 0.243 e. The van der Waals surface area contributed by atoms with Crippen molar-refractivity contribution in [3.8, 4) is 0 Å². The first-order valence-electron chi connectivity index (χ1n) is 8.93. The van der Waals surface area contributed by atoms with E-state index in [0.717, 1.165) is 44.0 Å². The Morgan fingerprint density at radius 1 is 1.48 bits per heavy atom. The normalized spacial score (nSPS) is 27.5. The molecule has 2 fully saturated rings. The highest BCUT2D eigenvalue weighted by atomic mass is 127. The van der Waals surface area contributed by atoms with Crippen molar-refractivity contribution in [1.82, 2.24) is 15.5 Å². The maximum atomic E-state index is 11.8. The number of hydrogen-bond donors (Lipinski definition) is 2. The molecule has 2 rings (SSSR count). The van der Waals surface area contributed by atoms with Gasteiger partial charge >= 0.3 is 0 Å². The predicted octanol–water partition coefficient (Wildman–Crippen LogP) is 2.08. The summed E-state index contributed by atoms with van der Waals surface area (Å²) < 4.78 is 6.09. The lowest BCUT2D eigenvalue weighted by Crippen LogP contribution is -2.53. The van der Waals surface area contributed by atoms with E-state index in [2.05, 4.69) is 29.5 Å². The predicted molar refractivity (Wildman–Crippen MR) is 116 cm³/mol. The first kappa shape index (κ1) is 22.8. The number of halogens is 1. The van der Waals surface area contributed by atoms with Crippen LogP contribution in [0.4, 0.5) is 0 Å². The van der Waals surface area contributed by atoms with Crippen LogP contribution in [-0.4, -0.2) is 73.2 Å². The molecule has 3 unspecified atom stereocenters. The van der Waals surface area contributed by atoms with Crippen LogP contribution in [0.15, 0.2) is 4.99 Å². The van der Waals surface area contributed by atoms with Crippen LogP contribution in [0, 0.1) is 0 Å². The number of likely N-dealkylation sites (N-methyl/N-ethyl adjacent to an activating group) is 1. The molecule has 6 nitrogen and oxygen atoms in total. The fourth-order valence-electron chi connectivity index (χ4n) is 2.96. The van der Waals surface area contributed by atoms with Crippen LogP contribution in [0.1, 0.15) is 39.5 Å². The van der Waals surface area contributed by atoms with Crippen molar-refractivity contribution in [2.24, 2.45) is 4.99 Å². The van der Waals surface area contributed by atoms with Crippen LogP contribution in [0.5, 0.6) is 0 Å². The third-order valence-corrected chi connectivity index (χ3v) is 5.99. The molecule has 146 valence electrons. The molecule has 0 aliphatic carbocycles. The molecule has 3 atom stereocenters. The smallest absolute Gasteiger partial charge is 0.243 e. The fourth-order valence-corrected chi connectivity index (χ4v) is 4.34. The van der Waals surface area contributed by atoms with E-state index >= 15 is 0 Å². The minimum atomic E-state index is 0. The van der Waals surface area contributed by atoms with Crippen LogP contribution >= 0.6 is 35.7 Å². The molecular formula is C17H33IN4O2S. The molecule has 1 amide bonds. The zero-order valence-electron chi connectivity index (χ0n) is 15.8. The molecule has 2 saturated heterocycles. The van der Waals surface area contributed by atoms with Gasteiger partial charge in [-0.2, -0.15) is 11.8 Å². The second kappa shape index (κ2) is 10.8. The highest BCUT2D eigenvalue weighted by Crippen LogP contribution is 2.38. The number of carbonyl (C=O) groups is 1. The summed E-state index contributed by atoms with van der Waals surface area (Å²) in [6.07, 6.45) is 4.15. The standard InChI is InChI=1S/C17H32N4O2S.HI/c1-5-13(2)19-16(18-11-15(22)21(3)4)20-14-6-8-23-17(10-14)7-9-24-12-17;/h13-14H,5-12H2,1-4H3,(H2,18,19,20);1H. The summed E-state index contributed by atoms with van der Waals surface area (Å²) in [6, 6.07) is 0.670. The summed E-state index contributed by atoms with van der Waals surface area (Å²) in [5, 5.41) is 6.95. The van der Waals surface area contributed by atoms with Crippen molar-refractivity contribution in [2.75, 3.05) is 38.8 Å². The number of nitrogens with one attached hydrogen (secondary N) is 2. The molecule has 0 aromatic heterocycles. The molecule has 25 heavy (non-hydrogen) atoms. The van der Waals surface area contributed by atoms with Crippen LogP contribution in [0.3, 0.4) is 0 Å². The third kappa shape index (κ3) is 7.13. The molecule has 8 heteroatoms. The second-order valence-corrected chi connectivity index (χ2v) is 8.18. The summed E-state index contributed by atoms with van der Waals surface area (Å²) in [4.78, 5) is 17.9. The van der Waals surface area contributed by atoms with Gasteiger partial charge in [0.25, 0.3) is 0 Å². The van der Waals surface area contributed by atoms with Crippen LogP contribution in [0.25, 0.3) is 0 Å². The zero-order chi connectivity index (χ0) is 17.6. The highest BCUT2D eigenvalue weighted by molar-refractivity contribution is 14.0. The van der Waals surface area contributed by atoms with Gasteiger partial charge in [-0.15, -0.1) is 24.0 Å². The van der Waals surface area contributed by atoms with E-state index in [9.17, 15) is 4.79 Å². The molecule has 0 radical (unpaired) electrons. The Morgan fingerprint density at radius 2 is 2.24 bits per heavy atom. The summed E-state index contributed by atoms with van der Waals surface area (Å²) in [6.45, 7) is 5.23. The van der Waals surface area contributed by atoms with Gasteiger partial charge in [-0.3, -0.25) is 4.79 Å².